The normalized spacial score (nSPS) is 27.3. The van der Waals surface area contributed by atoms with Crippen LogP contribution in [-0.4, -0.2) is 38.6 Å². The largest absolute Gasteiger partial charge is 0.463 e. The van der Waals surface area contributed by atoms with E-state index in [1.54, 1.807) is 12.1 Å². The average molecular weight is 613 g/mol. The number of rotatable bonds is 6. The molecular weight excluding hydrogens is 588 g/mol. The lowest BCUT2D eigenvalue weighted by Gasteiger charge is -2.43. The number of aliphatic hydroxyl groups excluding tert-OH is 1. The van der Waals surface area contributed by atoms with E-state index in [1.165, 1.54) is 36.4 Å². The zero-order valence-electron chi connectivity index (χ0n) is 23.3. The highest BCUT2D eigenvalue weighted by Crippen LogP contribution is 2.58. The van der Waals surface area contributed by atoms with E-state index >= 15 is 0 Å². The number of nitro benzene ring substituents is 2. The second kappa shape index (κ2) is 10.3. The number of non-ortho nitro benzene ring substituents is 2. The molecular formula is C31H24N4O10. The number of nitro groups is 2. The molecule has 0 spiro atoms. The summed E-state index contributed by atoms with van der Waals surface area (Å²) >= 11 is 0. The van der Waals surface area contributed by atoms with Gasteiger partial charge in [-0.3, -0.25) is 39.4 Å². The summed E-state index contributed by atoms with van der Waals surface area (Å²) in [5.74, 6) is -6.75. The van der Waals surface area contributed by atoms with Gasteiger partial charge in [0, 0.05) is 24.3 Å². The molecule has 6 atom stereocenters. The van der Waals surface area contributed by atoms with Crippen molar-refractivity contribution in [2.24, 2.45) is 29.6 Å². The van der Waals surface area contributed by atoms with Gasteiger partial charge in [0.15, 0.2) is 0 Å². The first-order valence-electron chi connectivity index (χ1n) is 14.2. The SMILES string of the molecule is O=C1C2CC=C3C(CC4C(=O)N(c5cccc([N+](=O)[O-])c5)C(=O)C4C3c3ccc(CO)o3)C2C(=O)N1c1cccc([N+](=O)[O-])c1. The van der Waals surface area contributed by atoms with Gasteiger partial charge in [-0.1, -0.05) is 23.8 Å². The topological polar surface area (TPSA) is 194 Å². The number of nitrogens with zero attached hydrogens (tertiary/aromatic N) is 4. The Bertz CT molecular complexity index is 1860. The Balaban J connectivity index is 1.31. The van der Waals surface area contributed by atoms with Crippen LogP contribution in [0.2, 0.25) is 0 Å². The second-order valence-electron chi connectivity index (χ2n) is 11.6. The number of aliphatic hydroxyl groups is 1. The van der Waals surface area contributed by atoms with Crippen molar-refractivity contribution >= 4 is 46.4 Å². The average Bonchev–Trinajstić information content (AvgIpc) is 3.69. The van der Waals surface area contributed by atoms with Crippen molar-refractivity contribution in [1.29, 1.82) is 0 Å². The van der Waals surface area contributed by atoms with E-state index in [4.69, 9.17) is 4.42 Å². The molecule has 2 saturated heterocycles. The smallest absolute Gasteiger partial charge is 0.271 e. The van der Waals surface area contributed by atoms with Crippen LogP contribution in [0.4, 0.5) is 22.7 Å². The highest BCUT2D eigenvalue weighted by molar-refractivity contribution is 6.24. The van der Waals surface area contributed by atoms with Crippen molar-refractivity contribution < 1.29 is 38.5 Å². The van der Waals surface area contributed by atoms with Crippen LogP contribution in [0.3, 0.4) is 0 Å². The van der Waals surface area contributed by atoms with Gasteiger partial charge in [-0.15, -0.1) is 0 Å². The predicted octanol–water partition coefficient (Wildman–Crippen LogP) is 3.63. The predicted molar refractivity (Wildman–Crippen MR) is 153 cm³/mol. The number of anilines is 2. The van der Waals surface area contributed by atoms with Crippen LogP contribution in [0.15, 0.2) is 76.7 Å². The van der Waals surface area contributed by atoms with E-state index < -0.39 is 75.6 Å². The Morgan fingerprint density at radius 3 is 1.89 bits per heavy atom. The molecule has 2 aromatic carbocycles. The maximum atomic E-state index is 14.1. The van der Waals surface area contributed by atoms with Gasteiger partial charge in [0.2, 0.25) is 23.6 Å². The monoisotopic (exact) mass is 612 g/mol. The molecule has 7 rings (SSSR count). The number of furan rings is 1. The Morgan fingerprint density at radius 1 is 0.756 bits per heavy atom. The van der Waals surface area contributed by atoms with Crippen LogP contribution in [0.5, 0.6) is 0 Å². The first kappa shape index (κ1) is 28.3. The number of benzene rings is 2. The van der Waals surface area contributed by atoms with E-state index in [0.717, 1.165) is 21.9 Å². The summed E-state index contributed by atoms with van der Waals surface area (Å²) in [4.78, 5) is 79.2. The van der Waals surface area contributed by atoms with Crippen LogP contribution >= 0.6 is 0 Å². The molecule has 1 aromatic heterocycles. The van der Waals surface area contributed by atoms with Crippen molar-refractivity contribution in [2.45, 2.75) is 25.4 Å². The molecule has 14 heteroatoms. The molecule has 1 N–H and O–H groups in total. The number of hydrogen-bond donors (Lipinski definition) is 1. The number of carbonyl (C=O) groups excluding carboxylic acids is 4. The van der Waals surface area contributed by atoms with Crippen molar-refractivity contribution in [3.05, 3.63) is 104 Å². The van der Waals surface area contributed by atoms with Crippen molar-refractivity contribution in [3.8, 4) is 0 Å². The van der Waals surface area contributed by atoms with Gasteiger partial charge in [0.1, 0.15) is 18.1 Å². The number of imide groups is 2. The molecule has 3 aromatic rings. The lowest BCUT2D eigenvalue weighted by atomic mass is 9.58. The van der Waals surface area contributed by atoms with Crippen LogP contribution in [-0.2, 0) is 25.8 Å². The standard InChI is InChI=1S/C31H24N4O10/c36-14-19-7-10-24(45-19)26-20-8-9-21-25(30(39)32(28(21)37)15-3-1-5-17(11-15)34(41)42)22(20)13-23-27(26)31(40)33(29(23)38)16-4-2-6-18(12-16)35(43)44/h1-8,10-12,21-23,25-27,36H,9,13-14H2. The molecule has 45 heavy (non-hydrogen) atoms. The fourth-order valence-corrected chi connectivity index (χ4v) is 7.55. The molecule has 4 amide bonds. The Labute approximate surface area is 253 Å². The molecule has 6 unspecified atom stereocenters. The van der Waals surface area contributed by atoms with Crippen molar-refractivity contribution in [2.75, 3.05) is 9.80 Å². The van der Waals surface area contributed by atoms with E-state index in [-0.39, 0.29) is 41.4 Å². The Kier molecular flexibility index (Phi) is 6.47. The summed E-state index contributed by atoms with van der Waals surface area (Å²) in [6.07, 6.45) is 2.02. The molecule has 228 valence electrons. The van der Waals surface area contributed by atoms with Gasteiger partial charge < -0.3 is 9.52 Å². The maximum absolute atomic E-state index is 14.1. The Morgan fingerprint density at radius 2 is 1.33 bits per heavy atom. The van der Waals surface area contributed by atoms with Crippen LogP contribution in [0.25, 0.3) is 0 Å². The fourth-order valence-electron chi connectivity index (χ4n) is 7.55. The summed E-state index contributed by atoms with van der Waals surface area (Å²) in [5.41, 5.74) is 0.190. The minimum Gasteiger partial charge on any atom is -0.463 e. The van der Waals surface area contributed by atoms with E-state index in [1.807, 2.05) is 6.08 Å². The minimum absolute atomic E-state index is 0.0432. The van der Waals surface area contributed by atoms with Crippen LogP contribution in [0.1, 0.15) is 30.3 Å². The Hall–Kier alpha value is -5.50. The van der Waals surface area contributed by atoms with Gasteiger partial charge in [-0.25, -0.2) is 9.80 Å². The number of fused-ring (bicyclic) bond motifs is 4. The van der Waals surface area contributed by atoms with E-state index in [9.17, 15) is 44.5 Å². The van der Waals surface area contributed by atoms with E-state index in [0.29, 0.717) is 11.3 Å². The third kappa shape index (κ3) is 4.20. The zero-order valence-corrected chi connectivity index (χ0v) is 23.3. The first-order valence-corrected chi connectivity index (χ1v) is 14.2. The minimum atomic E-state index is -0.964. The summed E-state index contributed by atoms with van der Waals surface area (Å²) in [5, 5.41) is 32.5. The van der Waals surface area contributed by atoms with E-state index in [2.05, 4.69) is 0 Å². The summed E-state index contributed by atoms with van der Waals surface area (Å²) < 4.78 is 5.90. The third-order valence-electron chi connectivity index (χ3n) is 9.39. The van der Waals surface area contributed by atoms with Crippen LogP contribution in [0, 0.1) is 49.8 Å². The highest BCUT2D eigenvalue weighted by Gasteiger charge is 2.63. The number of allylic oxidation sites excluding steroid dienone is 2. The molecule has 0 radical (unpaired) electrons. The number of hydrogen-bond acceptors (Lipinski definition) is 10. The van der Waals surface area contributed by atoms with Crippen molar-refractivity contribution in [3.63, 3.8) is 0 Å². The number of carbonyl (C=O) groups is 4. The van der Waals surface area contributed by atoms with Crippen molar-refractivity contribution in [1.82, 2.24) is 0 Å². The molecule has 0 bridgehead atoms. The molecule has 3 fully saturated rings. The molecule has 1 saturated carbocycles. The van der Waals surface area contributed by atoms with Crippen LogP contribution < -0.4 is 9.80 Å². The summed E-state index contributed by atoms with van der Waals surface area (Å²) in [7, 11) is 0. The molecule has 3 heterocycles. The zero-order chi connectivity index (χ0) is 31.7. The fraction of sp³-hybridized carbons (Fsp3) is 0.290. The first-order chi connectivity index (χ1) is 21.6. The third-order valence-corrected chi connectivity index (χ3v) is 9.39. The van der Waals surface area contributed by atoms with Gasteiger partial charge in [0.25, 0.3) is 11.4 Å². The maximum Gasteiger partial charge on any atom is 0.271 e. The highest BCUT2D eigenvalue weighted by atomic mass is 16.6. The van der Waals surface area contributed by atoms with Gasteiger partial charge in [-0.2, -0.15) is 0 Å². The lowest BCUT2D eigenvalue weighted by Crippen LogP contribution is -2.43. The second-order valence-corrected chi connectivity index (χ2v) is 11.6. The van der Waals surface area contributed by atoms with Gasteiger partial charge >= 0.3 is 0 Å². The molecule has 2 aliphatic carbocycles. The molecule has 2 aliphatic heterocycles. The van der Waals surface area contributed by atoms with Gasteiger partial charge in [0.05, 0.1) is 50.8 Å². The lowest BCUT2D eigenvalue weighted by molar-refractivity contribution is -0.385. The molecule has 4 aliphatic rings. The quantitative estimate of drug-likeness (QED) is 0.186. The number of amides is 4. The summed E-state index contributed by atoms with van der Waals surface area (Å²) in [6, 6.07) is 13.6. The molecule has 14 nitrogen and oxygen atoms in total. The summed E-state index contributed by atoms with van der Waals surface area (Å²) in [6.45, 7) is -0.411. The van der Waals surface area contributed by atoms with Gasteiger partial charge in [-0.05, 0) is 43.0 Å².